The molecule has 1 amide bonds. The van der Waals surface area contributed by atoms with E-state index in [1.54, 1.807) is 6.92 Å². The molecular formula is C24H27N3O2S. The van der Waals surface area contributed by atoms with E-state index in [0.29, 0.717) is 10.9 Å². The monoisotopic (exact) mass is 421 g/mol. The first-order valence-corrected chi connectivity index (χ1v) is 11.1. The molecule has 6 heteroatoms. The lowest BCUT2D eigenvalue weighted by molar-refractivity contribution is -0.116. The van der Waals surface area contributed by atoms with Crippen LogP contribution in [-0.4, -0.2) is 21.2 Å². The molecule has 0 bridgehead atoms. The number of hydrogen-bond donors (Lipinski definition) is 1. The topological polar surface area (TPSA) is 64.0 Å². The molecule has 0 saturated heterocycles. The molecule has 0 unspecified atom stereocenters. The molecule has 0 aliphatic carbocycles. The molecule has 0 aliphatic heterocycles. The predicted octanol–water partition coefficient (Wildman–Crippen LogP) is 4.65. The lowest BCUT2D eigenvalue weighted by Gasteiger charge is -2.15. The molecular weight excluding hydrogens is 394 g/mol. The van der Waals surface area contributed by atoms with Crippen molar-refractivity contribution in [2.75, 3.05) is 11.1 Å². The van der Waals surface area contributed by atoms with Crippen molar-refractivity contribution >= 4 is 23.4 Å². The number of aromatic nitrogens is 2. The second kappa shape index (κ2) is 10.3. The Kier molecular flexibility index (Phi) is 7.46. The van der Waals surface area contributed by atoms with Crippen LogP contribution in [0.1, 0.15) is 36.6 Å². The molecule has 1 heterocycles. The minimum atomic E-state index is -0.235. The summed E-state index contributed by atoms with van der Waals surface area (Å²) in [4.78, 5) is 29.8. The van der Waals surface area contributed by atoms with E-state index in [2.05, 4.69) is 36.3 Å². The quantitative estimate of drug-likeness (QED) is 0.425. The van der Waals surface area contributed by atoms with E-state index in [1.165, 1.54) is 28.0 Å². The first-order chi connectivity index (χ1) is 14.4. The summed E-state index contributed by atoms with van der Waals surface area (Å²) in [5.41, 5.74) is 3.53. The third kappa shape index (κ3) is 5.83. The Morgan fingerprint density at radius 2 is 1.80 bits per heavy atom. The number of para-hydroxylation sites is 1. The maximum Gasteiger partial charge on any atom is 0.254 e. The number of carbonyl (C=O) groups is 1. The average Bonchev–Trinajstić information content (AvgIpc) is 2.71. The Balaban J connectivity index is 1.73. The molecule has 156 valence electrons. The smallest absolute Gasteiger partial charge is 0.254 e. The summed E-state index contributed by atoms with van der Waals surface area (Å²) in [5.74, 6) is 0.827. The minimum absolute atomic E-state index is 0.0633. The fourth-order valence-electron chi connectivity index (χ4n) is 3.20. The van der Waals surface area contributed by atoms with E-state index in [4.69, 9.17) is 0 Å². The summed E-state index contributed by atoms with van der Waals surface area (Å²) in [6.45, 7) is 5.90. The molecule has 0 atom stereocenters. The normalized spacial score (nSPS) is 10.9. The Bertz CT molecular complexity index is 1060. The van der Waals surface area contributed by atoms with Gasteiger partial charge in [-0.3, -0.25) is 14.2 Å². The zero-order valence-corrected chi connectivity index (χ0v) is 18.4. The SMILES string of the molecule is Cc1cc(=O)n(CC(=O)Nc2ccccc2C(C)C)c(SCCc2ccccc2)n1. The number of anilines is 1. The van der Waals surface area contributed by atoms with Gasteiger partial charge in [0.1, 0.15) is 6.54 Å². The van der Waals surface area contributed by atoms with Crippen LogP contribution in [0.3, 0.4) is 0 Å². The van der Waals surface area contributed by atoms with E-state index < -0.39 is 0 Å². The number of rotatable bonds is 8. The van der Waals surface area contributed by atoms with Gasteiger partial charge in [-0.1, -0.05) is 74.1 Å². The molecule has 2 aromatic carbocycles. The van der Waals surface area contributed by atoms with Gasteiger partial charge in [-0.25, -0.2) is 4.98 Å². The molecule has 1 N–H and O–H groups in total. The highest BCUT2D eigenvalue weighted by atomic mass is 32.2. The van der Waals surface area contributed by atoms with Crippen LogP contribution in [0.2, 0.25) is 0 Å². The van der Waals surface area contributed by atoms with Gasteiger partial charge in [0.25, 0.3) is 5.56 Å². The van der Waals surface area contributed by atoms with Gasteiger partial charge in [0.05, 0.1) is 0 Å². The molecule has 0 fully saturated rings. The molecule has 0 spiro atoms. The van der Waals surface area contributed by atoms with Gasteiger partial charge in [0.2, 0.25) is 5.91 Å². The molecule has 3 aromatic rings. The number of carbonyl (C=O) groups excluding carboxylic acids is 1. The largest absolute Gasteiger partial charge is 0.324 e. The molecule has 1 aromatic heterocycles. The number of aryl methyl sites for hydroxylation is 2. The van der Waals surface area contributed by atoms with Gasteiger partial charge in [0, 0.05) is 23.2 Å². The Morgan fingerprint density at radius 1 is 1.10 bits per heavy atom. The van der Waals surface area contributed by atoms with Crippen molar-refractivity contribution in [2.24, 2.45) is 0 Å². The van der Waals surface area contributed by atoms with Gasteiger partial charge in [-0.05, 0) is 36.5 Å². The van der Waals surface area contributed by atoms with E-state index in [0.717, 1.165) is 23.4 Å². The summed E-state index contributed by atoms with van der Waals surface area (Å²) in [6, 6.07) is 19.4. The van der Waals surface area contributed by atoms with Gasteiger partial charge < -0.3 is 5.32 Å². The lowest BCUT2D eigenvalue weighted by atomic mass is 10.0. The van der Waals surface area contributed by atoms with Crippen LogP contribution in [0.15, 0.2) is 70.6 Å². The molecule has 0 saturated carbocycles. The van der Waals surface area contributed by atoms with Crippen LogP contribution in [-0.2, 0) is 17.8 Å². The van der Waals surface area contributed by atoms with Crippen molar-refractivity contribution in [3.63, 3.8) is 0 Å². The summed E-state index contributed by atoms with van der Waals surface area (Å²) in [6.07, 6.45) is 0.864. The van der Waals surface area contributed by atoms with Crippen molar-refractivity contribution in [1.82, 2.24) is 9.55 Å². The molecule has 3 rings (SSSR count). The number of benzene rings is 2. The van der Waals surface area contributed by atoms with E-state index in [9.17, 15) is 9.59 Å². The van der Waals surface area contributed by atoms with Crippen LogP contribution < -0.4 is 10.9 Å². The molecule has 30 heavy (non-hydrogen) atoms. The fraction of sp³-hybridized carbons (Fsp3) is 0.292. The number of nitrogens with one attached hydrogen (secondary N) is 1. The first kappa shape index (κ1) is 21.8. The van der Waals surface area contributed by atoms with E-state index in [1.807, 2.05) is 42.5 Å². The number of hydrogen-bond acceptors (Lipinski definition) is 4. The zero-order valence-electron chi connectivity index (χ0n) is 17.6. The minimum Gasteiger partial charge on any atom is -0.324 e. The van der Waals surface area contributed by atoms with Gasteiger partial charge in [0.15, 0.2) is 5.16 Å². The summed E-state index contributed by atoms with van der Waals surface area (Å²) in [7, 11) is 0. The maximum atomic E-state index is 12.7. The van der Waals surface area contributed by atoms with Crippen LogP contribution in [0.5, 0.6) is 0 Å². The Morgan fingerprint density at radius 3 is 2.53 bits per heavy atom. The second-order valence-corrected chi connectivity index (χ2v) is 8.54. The Labute approximate surface area is 181 Å². The van der Waals surface area contributed by atoms with Crippen LogP contribution in [0.25, 0.3) is 0 Å². The number of nitrogens with zero attached hydrogens (tertiary/aromatic N) is 2. The Hall–Kier alpha value is -2.86. The van der Waals surface area contributed by atoms with Crippen LogP contribution in [0, 0.1) is 6.92 Å². The average molecular weight is 422 g/mol. The third-order valence-electron chi connectivity index (χ3n) is 4.72. The van der Waals surface area contributed by atoms with Crippen molar-refractivity contribution < 1.29 is 4.79 Å². The highest BCUT2D eigenvalue weighted by molar-refractivity contribution is 7.99. The standard InChI is InChI=1S/C24H27N3O2S/c1-17(2)20-11-7-8-12-21(20)26-22(28)16-27-23(29)15-18(3)25-24(27)30-14-13-19-9-5-4-6-10-19/h4-12,15,17H,13-14,16H2,1-3H3,(H,26,28). The van der Waals surface area contributed by atoms with Crippen LogP contribution in [0.4, 0.5) is 5.69 Å². The highest BCUT2D eigenvalue weighted by Gasteiger charge is 2.14. The second-order valence-electron chi connectivity index (χ2n) is 7.48. The van der Waals surface area contributed by atoms with Crippen molar-refractivity contribution in [3.05, 3.63) is 87.8 Å². The maximum absolute atomic E-state index is 12.7. The number of thioether (sulfide) groups is 1. The van der Waals surface area contributed by atoms with Crippen molar-refractivity contribution in [2.45, 2.75) is 44.8 Å². The third-order valence-corrected chi connectivity index (χ3v) is 5.70. The van der Waals surface area contributed by atoms with Crippen molar-refractivity contribution in [1.29, 1.82) is 0 Å². The first-order valence-electron chi connectivity index (χ1n) is 10.1. The summed E-state index contributed by atoms with van der Waals surface area (Å²) >= 11 is 1.50. The van der Waals surface area contributed by atoms with Crippen molar-refractivity contribution in [3.8, 4) is 0 Å². The summed E-state index contributed by atoms with van der Waals surface area (Å²) in [5, 5.41) is 3.53. The van der Waals surface area contributed by atoms with Gasteiger partial charge in [-0.15, -0.1) is 0 Å². The molecule has 0 radical (unpaired) electrons. The van der Waals surface area contributed by atoms with Gasteiger partial charge in [-0.2, -0.15) is 0 Å². The highest BCUT2D eigenvalue weighted by Crippen LogP contribution is 2.24. The fourth-order valence-corrected chi connectivity index (χ4v) is 4.24. The predicted molar refractivity (Wildman–Crippen MR) is 123 cm³/mol. The van der Waals surface area contributed by atoms with E-state index >= 15 is 0 Å². The number of amides is 1. The lowest BCUT2D eigenvalue weighted by Crippen LogP contribution is -2.30. The van der Waals surface area contributed by atoms with E-state index in [-0.39, 0.29) is 23.9 Å². The molecule has 0 aliphatic rings. The molecule has 5 nitrogen and oxygen atoms in total. The van der Waals surface area contributed by atoms with Gasteiger partial charge >= 0.3 is 0 Å². The van der Waals surface area contributed by atoms with Crippen LogP contribution >= 0.6 is 11.8 Å². The summed E-state index contributed by atoms with van der Waals surface area (Å²) < 4.78 is 1.45. The zero-order chi connectivity index (χ0) is 21.5.